The highest BCUT2D eigenvalue weighted by Crippen LogP contribution is 2.08. The predicted octanol–water partition coefficient (Wildman–Crippen LogP) is 1.63. The summed E-state index contributed by atoms with van der Waals surface area (Å²) in [6.45, 7) is 6.75. The average molecular weight is 359 g/mol. The van der Waals surface area contributed by atoms with E-state index in [2.05, 4.69) is 33.7 Å². The molecule has 1 saturated heterocycles. The van der Waals surface area contributed by atoms with Crippen LogP contribution in [0.2, 0.25) is 0 Å². The first-order valence-corrected chi connectivity index (χ1v) is 9.49. The van der Waals surface area contributed by atoms with Crippen molar-refractivity contribution >= 4 is 11.6 Å². The summed E-state index contributed by atoms with van der Waals surface area (Å²) in [6, 6.07) is 6.03. The molecule has 1 unspecified atom stereocenters. The molecule has 1 aliphatic rings. The number of nitrogens with zero attached hydrogens (tertiary/aromatic N) is 3. The van der Waals surface area contributed by atoms with Crippen LogP contribution in [0.5, 0.6) is 0 Å². The van der Waals surface area contributed by atoms with Crippen molar-refractivity contribution in [3.8, 4) is 0 Å². The molecule has 0 spiro atoms. The van der Waals surface area contributed by atoms with E-state index in [-0.39, 0.29) is 6.10 Å². The van der Waals surface area contributed by atoms with Gasteiger partial charge < -0.3 is 24.5 Å². The van der Waals surface area contributed by atoms with Crippen LogP contribution in [-0.2, 0) is 15.9 Å². The molecule has 7 heteroatoms. The zero-order valence-electron chi connectivity index (χ0n) is 15.5. The Balaban J connectivity index is 1.37. The highest BCUT2D eigenvalue weighted by atomic mass is 16.5. The number of hydrogen-bond donors (Lipinski definition) is 2. The minimum atomic E-state index is 0.274. The molecule has 0 aliphatic carbocycles. The molecular formula is C19H29N5O2. The van der Waals surface area contributed by atoms with Gasteiger partial charge in [0.25, 0.3) is 0 Å². The predicted molar refractivity (Wildman–Crippen MR) is 103 cm³/mol. The van der Waals surface area contributed by atoms with Crippen LogP contribution in [0.3, 0.4) is 0 Å². The Hall–Kier alpha value is -2.12. The second-order valence-corrected chi connectivity index (χ2v) is 6.35. The summed E-state index contributed by atoms with van der Waals surface area (Å²) >= 11 is 0. The summed E-state index contributed by atoms with van der Waals surface area (Å²) in [4.78, 5) is 9.22. The van der Waals surface area contributed by atoms with Crippen molar-refractivity contribution in [1.29, 1.82) is 0 Å². The largest absolute Gasteiger partial charge is 0.379 e. The van der Waals surface area contributed by atoms with Gasteiger partial charge in [-0.15, -0.1) is 0 Å². The summed E-state index contributed by atoms with van der Waals surface area (Å²) < 4.78 is 13.1. The zero-order valence-corrected chi connectivity index (χ0v) is 15.5. The van der Waals surface area contributed by atoms with Crippen LogP contribution >= 0.6 is 0 Å². The van der Waals surface area contributed by atoms with Gasteiger partial charge in [0.05, 0.1) is 18.4 Å². The number of imidazole rings is 1. The molecule has 1 atom stereocenters. The van der Waals surface area contributed by atoms with Crippen molar-refractivity contribution in [3.05, 3.63) is 36.3 Å². The number of aliphatic imine (C=N–C) groups is 1. The first-order chi connectivity index (χ1) is 12.8. The van der Waals surface area contributed by atoms with E-state index in [9.17, 15) is 0 Å². The van der Waals surface area contributed by atoms with Crippen LogP contribution in [0.25, 0.3) is 5.65 Å². The van der Waals surface area contributed by atoms with Gasteiger partial charge in [0.2, 0.25) is 0 Å². The molecular weight excluding hydrogens is 330 g/mol. The van der Waals surface area contributed by atoms with Crippen molar-refractivity contribution in [2.75, 3.05) is 39.5 Å². The Morgan fingerprint density at radius 1 is 1.42 bits per heavy atom. The van der Waals surface area contributed by atoms with Gasteiger partial charge in [0.15, 0.2) is 5.96 Å². The maximum atomic E-state index is 5.77. The van der Waals surface area contributed by atoms with Gasteiger partial charge in [-0.25, -0.2) is 4.98 Å². The Morgan fingerprint density at radius 3 is 3.19 bits per heavy atom. The molecule has 0 saturated carbocycles. The lowest BCUT2D eigenvalue weighted by Crippen LogP contribution is -2.38. The van der Waals surface area contributed by atoms with Gasteiger partial charge in [0.1, 0.15) is 5.65 Å². The van der Waals surface area contributed by atoms with Gasteiger partial charge in [-0.05, 0) is 31.9 Å². The average Bonchev–Trinajstić information content (AvgIpc) is 3.30. The fourth-order valence-electron chi connectivity index (χ4n) is 2.91. The molecule has 26 heavy (non-hydrogen) atoms. The van der Waals surface area contributed by atoms with E-state index in [1.807, 2.05) is 28.8 Å². The lowest BCUT2D eigenvalue weighted by atomic mass is 10.3. The third-order valence-corrected chi connectivity index (χ3v) is 4.25. The lowest BCUT2D eigenvalue weighted by molar-refractivity contribution is 0.0424. The van der Waals surface area contributed by atoms with Crippen LogP contribution < -0.4 is 10.6 Å². The van der Waals surface area contributed by atoms with E-state index in [1.54, 1.807) is 0 Å². The quantitative estimate of drug-likeness (QED) is 0.404. The number of rotatable bonds is 9. The Morgan fingerprint density at radius 2 is 2.38 bits per heavy atom. The number of guanidine groups is 1. The number of nitrogens with one attached hydrogen (secondary N) is 2. The maximum absolute atomic E-state index is 5.77. The van der Waals surface area contributed by atoms with Crippen molar-refractivity contribution < 1.29 is 9.47 Å². The summed E-state index contributed by atoms with van der Waals surface area (Å²) in [6.07, 6.45) is 7.15. The number of fused-ring (bicyclic) bond motifs is 1. The molecule has 142 valence electrons. The van der Waals surface area contributed by atoms with Crippen LogP contribution in [0.15, 0.2) is 35.6 Å². The zero-order chi connectivity index (χ0) is 18.0. The topological polar surface area (TPSA) is 72.2 Å². The third-order valence-electron chi connectivity index (χ3n) is 4.25. The third kappa shape index (κ3) is 5.71. The Bertz CT molecular complexity index is 661. The van der Waals surface area contributed by atoms with Crippen LogP contribution in [0.1, 0.15) is 25.5 Å². The second-order valence-electron chi connectivity index (χ2n) is 6.35. The van der Waals surface area contributed by atoms with Gasteiger partial charge in [-0.3, -0.25) is 4.99 Å². The highest BCUT2D eigenvalue weighted by molar-refractivity contribution is 5.79. The van der Waals surface area contributed by atoms with E-state index < -0.39 is 0 Å². The summed E-state index contributed by atoms with van der Waals surface area (Å²) in [7, 11) is 0. The molecule has 2 aromatic rings. The van der Waals surface area contributed by atoms with E-state index in [0.717, 1.165) is 76.0 Å². The van der Waals surface area contributed by atoms with E-state index in [1.165, 1.54) is 0 Å². The van der Waals surface area contributed by atoms with Crippen molar-refractivity contribution in [3.63, 3.8) is 0 Å². The van der Waals surface area contributed by atoms with E-state index >= 15 is 0 Å². The number of hydrogen-bond acceptors (Lipinski definition) is 4. The van der Waals surface area contributed by atoms with Crippen molar-refractivity contribution in [2.45, 2.75) is 32.3 Å². The van der Waals surface area contributed by atoms with E-state index in [0.29, 0.717) is 0 Å². The minimum absolute atomic E-state index is 0.274. The van der Waals surface area contributed by atoms with Crippen LogP contribution in [-0.4, -0.2) is 60.9 Å². The molecule has 3 heterocycles. The standard InChI is InChI=1S/C19H29N5O2/c1-2-20-19(21-9-5-12-26-17-8-13-25-15-17)22-10-7-16-14-24-11-4-3-6-18(24)23-16/h3-4,6,11,14,17H,2,5,7-10,12-13,15H2,1H3,(H2,20,21,22). The van der Waals surface area contributed by atoms with Crippen molar-refractivity contribution in [1.82, 2.24) is 20.0 Å². The molecule has 0 radical (unpaired) electrons. The number of aromatic nitrogens is 2. The van der Waals surface area contributed by atoms with Gasteiger partial charge in [-0.2, -0.15) is 0 Å². The summed E-state index contributed by atoms with van der Waals surface area (Å²) in [5.74, 6) is 0.848. The first-order valence-electron chi connectivity index (χ1n) is 9.49. The van der Waals surface area contributed by atoms with Crippen LogP contribution in [0, 0.1) is 0 Å². The fourth-order valence-corrected chi connectivity index (χ4v) is 2.91. The second kappa shape index (κ2) is 10.1. The SMILES string of the molecule is CCNC(=NCCCOC1CCOC1)NCCc1cn2ccccc2n1. The smallest absolute Gasteiger partial charge is 0.191 e. The molecule has 0 bridgehead atoms. The Labute approximate surface area is 154 Å². The number of ether oxygens (including phenoxy) is 2. The molecule has 0 amide bonds. The normalized spacial score (nSPS) is 17.7. The van der Waals surface area contributed by atoms with Gasteiger partial charge in [-0.1, -0.05) is 6.07 Å². The number of pyridine rings is 1. The van der Waals surface area contributed by atoms with Crippen LogP contribution in [0.4, 0.5) is 0 Å². The summed E-state index contributed by atoms with van der Waals surface area (Å²) in [5.41, 5.74) is 2.06. The van der Waals surface area contributed by atoms with E-state index in [4.69, 9.17) is 9.47 Å². The molecule has 1 fully saturated rings. The van der Waals surface area contributed by atoms with Gasteiger partial charge >= 0.3 is 0 Å². The van der Waals surface area contributed by atoms with Crippen molar-refractivity contribution in [2.24, 2.45) is 4.99 Å². The molecule has 0 aromatic carbocycles. The highest BCUT2D eigenvalue weighted by Gasteiger charge is 2.15. The van der Waals surface area contributed by atoms with Gasteiger partial charge in [0, 0.05) is 51.7 Å². The molecule has 3 rings (SSSR count). The lowest BCUT2D eigenvalue weighted by Gasteiger charge is -2.11. The first kappa shape index (κ1) is 18.7. The molecule has 1 aliphatic heterocycles. The minimum Gasteiger partial charge on any atom is -0.379 e. The molecule has 7 nitrogen and oxygen atoms in total. The monoisotopic (exact) mass is 359 g/mol. The Kier molecular flexibility index (Phi) is 7.27. The maximum Gasteiger partial charge on any atom is 0.191 e. The molecule has 2 aromatic heterocycles. The fraction of sp³-hybridized carbons (Fsp3) is 0.579. The molecule has 2 N–H and O–H groups in total. The summed E-state index contributed by atoms with van der Waals surface area (Å²) in [5, 5.41) is 6.65.